The first kappa shape index (κ1) is 17.4. The summed E-state index contributed by atoms with van der Waals surface area (Å²) in [6.07, 6.45) is 3.83. The van der Waals surface area contributed by atoms with Crippen LogP contribution in [0.4, 0.5) is 5.88 Å². The molecule has 3 aromatic rings. The first-order chi connectivity index (χ1) is 13.3. The molecule has 1 aliphatic heterocycles. The van der Waals surface area contributed by atoms with Crippen molar-refractivity contribution in [1.29, 1.82) is 5.26 Å². The Labute approximate surface area is 158 Å². The van der Waals surface area contributed by atoms with E-state index in [2.05, 4.69) is 51.2 Å². The van der Waals surface area contributed by atoms with Crippen molar-refractivity contribution in [3.05, 3.63) is 60.0 Å². The Morgan fingerprint density at radius 2 is 1.85 bits per heavy atom. The monoisotopic (exact) mass is 362 g/mol. The predicted octanol–water partition coefficient (Wildman–Crippen LogP) is 3.56. The number of nitriles is 1. The third kappa shape index (κ3) is 4.04. The summed E-state index contributed by atoms with van der Waals surface area (Å²) in [4.78, 5) is 8.84. The van der Waals surface area contributed by atoms with Gasteiger partial charge >= 0.3 is 0 Å². The van der Waals surface area contributed by atoms with Gasteiger partial charge in [-0.25, -0.2) is 0 Å². The van der Waals surface area contributed by atoms with Crippen molar-refractivity contribution in [2.75, 3.05) is 37.6 Å². The molecule has 1 fully saturated rings. The Balaban J connectivity index is 1.32. The summed E-state index contributed by atoms with van der Waals surface area (Å²) < 4.78 is 11.2. The van der Waals surface area contributed by atoms with Gasteiger partial charge < -0.3 is 13.7 Å². The molecule has 0 saturated carbocycles. The Kier molecular flexibility index (Phi) is 5.22. The van der Waals surface area contributed by atoms with Gasteiger partial charge in [0.25, 0.3) is 5.89 Å². The van der Waals surface area contributed by atoms with Crippen LogP contribution in [0.2, 0.25) is 0 Å². The molecule has 0 bridgehead atoms. The summed E-state index contributed by atoms with van der Waals surface area (Å²) in [6, 6.07) is 16.3. The zero-order valence-corrected chi connectivity index (χ0v) is 15.2. The molecule has 0 radical (unpaired) electrons. The largest absolute Gasteiger partial charge is 0.459 e. The number of furan rings is 1. The van der Waals surface area contributed by atoms with E-state index < -0.39 is 0 Å². The number of aryl methyl sites for hydroxylation is 1. The fourth-order valence-corrected chi connectivity index (χ4v) is 3.43. The summed E-state index contributed by atoms with van der Waals surface area (Å²) in [5.41, 5.74) is 1.71. The highest BCUT2D eigenvalue weighted by molar-refractivity contribution is 5.55. The third-order valence-corrected chi connectivity index (χ3v) is 4.89. The Bertz CT molecular complexity index is 888. The number of hydrogen-bond donors (Lipinski definition) is 0. The van der Waals surface area contributed by atoms with E-state index in [1.54, 1.807) is 18.4 Å². The van der Waals surface area contributed by atoms with Crippen molar-refractivity contribution in [1.82, 2.24) is 9.88 Å². The highest BCUT2D eigenvalue weighted by Gasteiger charge is 2.25. The molecular weight excluding hydrogens is 340 g/mol. The van der Waals surface area contributed by atoms with Crippen LogP contribution in [-0.4, -0.2) is 42.6 Å². The van der Waals surface area contributed by atoms with Crippen LogP contribution >= 0.6 is 0 Å². The Hall–Kier alpha value is -3.04. The first-order valence-electron chi connectivity index (χ1n) is 9.29. The first-order valence-corrected chi connectivity index (χ1v) is 9.29. The topological polar surface area (TPSA) is 69.4 Å². The lowest BCUT2D eigenvalue weighted by Crippen LogP contribution is -2.46. The lowest BCUT2D eigenvalue weighted by Gasteiger charge is -2.34. The van der Waals surface area contributed by atoms with Gasteiger partial charge in [0.15, 0.2) is 5.76 Å². The van der Waals surface area contributed by atoms with E-state index in [1.807, 2.05) is 0 Å². The molecule has 0 aliphatic carbocycles. The van der Waals surface area contributed by atoms with Crippen molar-refractivity contribution in [2.24, 2.45) is 0 Å². The fraction of sp³-hybridized carbons (Fsp3) is 0.333. The van der Waals surface area contributed by atoms with Gasteiger partial charge in [0.2, 0.25) is 11.6 Å². The molecule has 0 atom stereocenters. The highest BCUT2D eigenvalue weighted by atomic mass is 16.4. The molecule has 6 nitrogen and oxygen atoms in total. The van der Waals surface area contributed by atoms with Crippen LogP contribution in [0.5, 0.6) is 0 Å². The maximum Gasteiger partial charge on any atom is 0.266 e. The molecule has 2 aromatic heterocycles. The standard InChI is InChI=1S/C21H22N4O2/c22-16-18-21(27-20(23-18)19-9-5-15-26-19)25-13-11-24(12-14-25)10-4-8-17-6-2-1-3-7-17/h1-3,5-7,9,15H,4,8,10-14H2. The van der Waals surface area contributed by atoms with E-state index in [0.29, 0.717) is 23.2 Å². The van der Waals surface area contributed by atoms with Crippen molar-refractivity contribution in [2.45, 2.75) is 12.8 Å². The van der Waals surface area contributed by atoms with Crippen LogP contribution in [0.3, 0.4) is 0 Å². The molecule has 3 heterocycles. The molecule has 138 valence electrons. The molecule has 1 saturated heterocycles. The van der Waals surface area contributed by atoms with Gasteiger partial charge in [-0.2, -0.15) is 10.2 Å². The van der Waals surface area contributed by atoms with Crippen molar-refractivity contribution in [3.63, 3.8) is 0 Å². The van der Waals surface area contributed by atoms with E-state index >= 15 is 0 Å². The van der Waals surface area contributed by atoms with Crippen LogP contribution in [0.15, 0.2) is 57.6 Å². The van der Waals surface area contributed by atoms with Gasteiger partial charge in [-0.15, -0.1) is 0 Å². The normalized spacial score (nSPS) is 15.0. The van der Waals surface area contributed by atoms with E-state index in [1.165, 1.54) is 5.56 Å². The molecule has 4 rings (SSSR count). The van der Waals surface area contributed by atoms with Crippen LogP contribution in [0.25, 0.3) is 11.7 Å². The van der Waals surface area contributed by atoms with Crippen LogP contribution < -0.4 is 4.90 Å². The molecule has 1 aromatic carbocycles. The second-order valence-corrected chi connectivity index (χ2v) is 6.68. The summed E-state index contributed by atoms with van der Waals surface area (Å²) in [5.74, 6) is 1.45. The van der Waals surface area contributed by atoms with Gasteiger partial charge in [-0.05, 0) is 37.1 Å². The summed E-state index contributed by atoms with van der Waals surface area (Å²) in [7, 11) is 0. The summed E-state index contributed by atoms with van der Waals surface area (Å²) >= 11 is 0. The summed E-state index contributed by atoms with van der Waals surface area (Å²) in [6.45, 7) is 4.65. The number of piperazine rings is 1. The SMILES string of the molecule is N#Cc1nc(-c2ccco2)oc1N1CCN(CCCc2ccccc2)CC1. The number of nitrogens with zero attached hydrogens (tertiary/aromatic N) is 4. The Morgan fingerprint density at radius 3 is 2.56 bits per heavy atom. The fourth-order valence-electron chi connectivity index (χ4n) is 3.43. The minimum absolute atomic E-state index is 0.318. The van der Waals surface area contributed by atoms with Crippen LogP contribution in [0.1, 0.15) is 17.7 Å². The van der Waals surface area contributed by atoms with Crippen LogP contribution in [-0.2, 0) is 6.42 Å². The van der Waals surface area contributed by atoms with E-state index in [4.69, 9.17) is 8.83 Å². The maximum absolute atomic E-state index is 9.40. The number of oxazole rings is 1. The number of rotatable bonds is 6. The molecule has 0 spiro atoms. The minimum atomic E-state index is 0.318. The van der Waals surface area contributed by atoms with Gasteiger partial charge in [-0.3, -0.25) is 4.90 Å². The average molecular weight is 362 g/mol. The number of hydrogen-bond acceptors (Lipinski definition) is 6. The smallest absolute Gasteiger partial charge is 0.266 e. The zero-order valence-electron chi connectivity index (χ0n) is 15.2. The van der Waals surface area contributed by atoms with Crippen molar-refractivity contribution < 1.29 is 8.83 Å². The number of anilines is 1. The minimum Gasteiger partial charge on any atom is -0.459 e. The van der Waals surface area contributed by atoms with E-state index in [-0.39, 0.29) is 0 Å². The van der Waals surface area contributed by atoms with Crippen molar-refractivity contribution >= 4 is 5.88 Å². The zero-order chi connectivity index (χ0) is 18.5. The second-order valence-electron chi connectivity index (χ2n) is 6.68. The average Bonchev–Trinajstić information content (AvgIpc) is 3.39. The van der Waals surface area contributed by atoms with E-state index in [0.717, 1.165) is 45.6 Å². The highest BCUT2D eigenvalue weighted by Crippen LogP contribution is 2.29. The molecule has 0 unspecified atom stereocenters. The van der Waals surface area contributed by atoms with Gasteiger partial charge in [0.05, 0.1) is 6.26 Å². The maximum atomic E-state index is 9.40. The lowest BCUT2D eigenvalue weighted by atomic mass is 10.1. The van der Waals surface area contributed by atoms with Crippen molar-refractivity contribution in [3.8, 4) is 17.7 Å². The van der Waals surface area contributed by atoms with Gasteiger partial charge in [0, 0.05) is 26.2 Å². The third-order valence-electron chi connectivity index (χ3n) is 4.89. The van der Waals surface area contributed by atoms with E-state index in [9.17, 15) is 5.26 Å². The molecular formula is C21H22N4O2. The molecule has 27 heavy (non-hydrogen) atoms. The molecule has 6 heteroatoms. The quantitative estimate of drug-likeness (QED) is 0.668. The number of benzene rings is 1. The summed E-state index contributed by atoms with van der Waals surface area (Å²) in [5, 5.41) is 9.40. The van der Waals surface area contributed by atoms with Crippen LogP contribution in [0, 0.1) is 11.3 Å². The molecule has 1 aliphatic rings. The van der Waals surface area contributed by atoms with Gasteiger partial charge in [-0.1, -0.05) is 30.3 Å². The molecule has 0 amide bonds. The Morgan fingerprint density at radius 1 is 1.04 bits per heavy atom. The number of aromatic nitrogens is 1. The van der Waals surface area contributed by atoms with Gasteiger partial charge in [0.1, 0.15) is 6.07 Å². The molecule has 0 N–H and O–H groups in total. The predicted molar refractivity (Wildman–Crippen MR) is 102 cm³/mol. The lowest BCUT2D eigenvalue weighted by molar-refractivity contribution is 0.251. The second kappa shape index (κ2) is 8.11.